The summed E-state index contributed by atoms with van der Waals surface area (Å²) in [5, 5.41) is 10.8. The molecule has 2 aromatic rings. The lowest BCUT2D eigenvalue weighted by atomic mass is 10.1. The molecule has 108 valence electrons. The van der Waals surface area contributed by atoms with Crippen LogP contribution in [0.3, 0.4) is 0 Å². The fraction of sp³-hybridized carbons (Fsp3) is 0.200. The molecule has 0 fully saturated rings. The number of carboxylic acids is 1. The van der Waals surface area contributed by atoms with Crippen LogP contribution in [0, 0.1) is 0 Å². The molecule has 0 saturated carbocycles. The van der Waals surface area contributed by atoms with Crippen molar-refractivity contribution in [3.8, 4) is 11.1 Å². The topological polar surface area (TPSA) is 92.2 Å². The second-order valence-corrected chi connectivity index (χ2v) is 4.40. The maximum Gasteiger partial charge on any atom is 0.322 e. The van der Waals surface area contributed by atoms with Gasteiger partial charge < -0.3 is 10.4 Å². The van der Waals surface area contributed by atoms with Gasteiger partial charge in [0.05, 0.1) is 0 Å². The highest BCUT2D eigenvalue weighted by molar-refractivity contribution is 5.94. The average Bonchev–Trinajstić information content (AvgIpc) is 2.53. The van der Waals surface area contributed by atoms with Gasteiger partial charge in [-0.15, -0.1) is 0 Å². The number of nitrogens with zero attached hydrogens (tertiary/aromatic N) is 2. The Balaban J connectivity index is 2.10. The Morgan fingerprint density at radius 2 is 1.76 bits per heavy atom. The molecule has 2 heterocycles. The van der Waals surface area contributed by atoms with Crippen LogP contribution in [0.15, 0.2) is 36.7 Å². The van der Waals surface area contributed by atoms with Gasteiger partial charge in [-0.1, -0.05) is 19.1 Å². The molecule has 2 rings (SSSR count). The zero-order valence-corrected chi connectivity index (χ0v) is 11.5. The van der Waals surface area contributed by atoms with Gasteiger partial charge in [-0.25, -0.2) is 0 Å². The van der Waals surface area contributed by atoms with E-state index in [1.165, 1.54) is 0 Å². The molecule has 0 saturated heterocycles. The highest BCUT2D eigenvalue weighted by Crippen LogP contribution is 2.17. The zero-order chi connectivity index (χ0) is 15.2. The summed E-state index contributed by atoms with van der Waals surface area (Å²) in [6, 6.07) is 7.21. The molecule has 0 aliphatic heterocycles. The van der Waals surface area contributed by atoms with E-state index in [2.05, 4.69) is 15.3 Å². The van der Waals surface area contributed by atoms with Crippen molar-refractivity contribution in [1.29, 1.82) is 0 Å². The Labute approximate surface area is 121 Å². The van der Waals surface area contributed by atoms with Crippen LogP contribution in [0.5, 0.6) is 0 Å². The number of carbonyl (C=O) groups excluding carboxylic acids is 1. The van der Waals surface area contributed by atoms with Crippen molar-refractivity contribution in [2.45, 2.75) is 13.3 Å². The van der Waals surface area contributed by atoms with Gasteiger partial charge >= 0.3 is 5.97 Å². The van der Waals surface area contributed by atoms with Crippen LogP contribution in [-0.4, -0.2) is 33.5 Å². The summed E-state index contributed by atoms with van der Waals surface area (Å²) in [5.74, 6) is -1.61. The largest absolute Gasteiger partial charge is 0.480 e. The third kappa shape index (κ3) is 3.85. The van der Waals surface area contributed by atoms with Gasteiger partial charge in [-0.05, 0) is 18.6 Å². The van der Waals surface area contributed by atoms with Gasteiger partial charge in [-0.2, -0.15) is 0 Å². The smallest absolute Gasteiger partial charge is 0.322 e. The molecule has 6 nitrogen and oxygen atoms in total. The number of pyridine rings is 2. The Kier molecular flexibility index (Phi) is 4.61. The highest BCUT2D eigenvalue weighted by atomic mass is 16.4. The summed E-state index contributed by atoms with van der Waals surface area (Å²) < 4.78 is 0. The van der Waals surface area contributed by atoms with Crippen molar-refractivity contribution in [1.82, 2.24) is 15.3 Å². The van der Waals surface area contributed by atoms with Crippen molar-refractivity contribution < 1.29 is 14.7 Å². The Bertz CT molecular complexity index is 636. The quantitative estimate of drug-likeness (QED) is 0.869. The first-order chi connectivity index (χ1) is 10.1. The van der Waals surface area contributed by atoms with Gasteiger partial charge in [0.15, 0.2) is 0 Å². The minimum absolute atomic E-state index is 0.179. The molecule has 0 unspecified atom stereocenters. The number of nitrogens with one attached hydrogen (secondary N) is 1. The normalized spacial score (nSPS) is 10.1. The highest BCUT2D eigenvalue weighted by Gasteiger charge is 2.09. The number of aliphatic carboxylic acids is 1. The third-order valence-electron chi connectivity index (χ3n) is 2.92. The predicted molar refractivity (Wildman–Crippen MR) is 76.8 cm³/mol. The van der Waals surface area contributed by atoms with E-state index >= 15 is 0 Å². The number of amides is 1. The van der Waals surface area contributed by atoms with Crippen LogP contribution in [-0.2, 0) is 11.2 Å². The molecule has 2 N–H and O–H groups in total. The van der Waals surface area contributed by atoms with Gasteiger partial charge in [0.25, 0.3) is 5.91 Å². The number of carbonyl (C=O) groups is 2. The predicted octanol–water partition coefficient (Wildman–Crippen LogP) is 1.52. The van der Waals surface area contributed by atoms with E-state index in [9.17, 15) is 9.59 Å². The van der Waals surface area contributed by atoms with Crippen LogP contribution in [0.1, 0.15) is 23.1 Å². The molecular formula is C15H15N3O3. The lowest BCUT2D eigenvalue weighted by Crippen LogP contribution is -2.29. The summed E-state index contributed by atoms with van der Waals surface area (Å²) in [6.45, 7) is 1.61. The summed E-state index contributed by atoms with van der Waals surface area (Å²) in [4.78, 5) is 30.4. The van der Waals surface area contributed by atoms with Crippen molar-refractivity contribution >= 4 is 11.9 Å². The molecule has 1 amide bonds. The molecule has 0 aromatic carbocycles. The number of hydrogen-bond donors (Lipinski definition) is 2. The first-order valence-electron chi connectivity index (χ1n) is 6.51. The molecule has 0 atom stereocenters. The molecule has 0 bridgehead atoms. The van der Waals surface area contributed by atoms with Crippen LogP contribution in [0.2, 0.25) is 0 Å². The molecule has 0 aliphatic rings. The second kappa shape index (κ2) is 6.60. The maximum absolute atomic E-state index is 11.6. The van der Waals surface area contributed by atoms with Crippen LogP contribution in [0.4, 0.5) is 0 Å². The Hall–Kier alpha value is -2.76. The van der Waals surface area contributed by atoms with E-state index in [1.54, 1.807) is 24.5 Å². The SMILES string of the molecule is CCc1ccc(-c2ccc(C(=O)NCC(=O)O)nc2)cn1. The molecule has 6 heteroatoms. The van der Waals surface area contributed by atoms with E-state index in [0.29, 0.717) is 0 Å². The number of rotatable bonds is 5. The van der Waals surface area contributed by atoms with Gasteiger partial charge in [0.2, 0.25) is 0 Å². The molecule has 2 aromatic heterocycles. The van der Waals surface area contributed by atoms with Gasteiger partial charge in [-0.3, -0.25) is 19.6 Å². The molecule has 0 radical (unpaired) electrons. The summed E-state index contributed by atoms with van der Waals surface area (Å²) >= 11 is 0. The summed E-state index contributed by atoms with van der Waals surface area (Å²) in [7, 11) is 0. The lowest BCUT2D eigenvalue weighted by Gasteiger charge is -2.04. The number of carboxylic acid groups (broad SMARTS) is 1. The second-order valence-electron chi connectivity index (χ2n) is 4.40. The number of aryl methyl sites for hydroxylation is 1. The monoisotopic (exact) mass is 285 g/mol. The van der Waals surface area contributed by atoms with E-state index in [0.717, 1.165) is 23.2 Å². The van der Waals surface area contributed by atoms with Crippen molar-refractivity contribution in [2.75, 3.05) is 6.54 Å². The van der Waals surface area contributed by atoms with Crippen molar-refractivity contribution in [3.05, 3.63) is 48.0 Å². The minimum Gasteiger partial charge on any atom is -0.480 e. The molecular weight excluding hydrogens is 270 g/mol. The van der Waals surface area contributed by atoms with Crippen LogP contribution >= 0.6 is 0 Å². The standard InChI is InChI=1S/C15H15N3O3/c1-2-12-5-3-10(7-16-12)11-4-6-13(17-8-11)15(21)18-9-14(19)20/h3-8H,2,9H2,1H3,(H,18,21)(H,19,20). The van der Waals surface area contributed by atoms with Crippen molar-refractivity contribution in [3.63, 3.8) is 0 Å². The van der Waals surface area contributed by atoms with Gasteiger partial charge in [0.1, 0.15) is 12.2 Å². The van der Waals surface area contributed by atoms with E-state index in [1.807, 2.05) is 19.1 Å². The number of aromatic nitrogens is 2. The minimum atomic E-state index is -1.10. The van der Waals surface area contributed by atoms with E-state index < -0.39 is 18.4 Å². The molecule has 0 aliphatic carbocycles. The summed E-state index contributed by atoms with van der Waals surface area (Å²) in [5.41, 5.74) is 2.95. The van der Waals surface area contributed by atoms with E-state index in [-0.39, 0.29) is 5.69 Å². The van der Waals surface area contributed by atoms with Crippen LogP contribution in [0.25, 0.3) is 11.1 Å². The molecule has 0 spiro atoms. The fourth-order valence-electron chi connectivity index (χ4n) is 1.75. The Morgan fingerprint density at radius 1 is 1.10 bits per heavy atom. The fourth-order valence-corrected chi connectivity index (χ4v) is 1.75. The third-order valence-corrected chi connectivity index (χ3v) is 2.92. The summed E-state index contributed by atoms with van der Waals surface area (Å²) in [6.07, 6.45) is 4.21. The van der Waals surface area contributed by atoms with Crippen molar-refractivity contribution in [2.24, 2.45) is 0 Å². The first-order valence-corrected chi connectivity index (χ1v) is 6.51. The average molecular weight is 285 g/mol. The van der Waals surface area contributed by atoms with Crippen LogP contribution < -0.4 is 5.32 Å². The lowest BCUT2D eigenvalue weighted by molar-refractivity contribution is -0.135. The zero-order valence-electron chi connectivity index (χ0n) is 11.5. The van der Waals surface area contributed by atoms with Gasteiger partial charge in [0, 0.05) is 29.2 Å². The number of hydrogen-bond acceptors (Lipinski definition) is 4. The first kappa shape index (κ1) is 14.6. The Morgan fingerprint density at radius 3 is 2.24 bits per heavy atom. The van der Waals surface area contributed by atoms with E-state index in [4.69, 9.17) is 5.11 Å². The maximum atomic E-state index is 11.6. The molecule has 21 heavy (non-hydrogen) atoms.